The maximum atomic E-state index is 11.3. The molecular formula is C10H12INO2. The average molecular weight is 305 g/mol. The van der Waals surface area contributed by atoms with E-state index in [2.05, 4.69) is 34.3 Å². The van der Waals surface area contributed by atoms with Gasteiger partial charge in [0.05, 0.1) is 12.7 Å². The number of rotatable bonds is 2. The fourth-order valence-corrected chi connectivity index (χ4v) is 2.04. The first kappa shape index (κ1) is 11.3. The van der Waals surface area contributed by atoms with Crippen molar-refractivity contribution < 1.29 is 9.53 Å². The SMILES string of the molecule is CCc1cc(N)c(C(=O)OC)cc1I. The van der Waals surface area contributed by atoms with E-state index in [1.165, 1.54) is 7.11 Å². The summed E-state index contributed by atoms with van der Waals surface area (Å²) in [5, 5.41) is 0. The van der Waals surface area contributed by atoms with E-state index in [9.17, 15) is 4.79 Å². The van der Waals surface area contributed by atoms with Crippen LogP contribution < -0.4 is 5.73 Å². The average Bonchev–Trinajstić information content (AvgIpc) is 2.19. The van der Waals surface area contributed by atoms with Gasteiger partial charge in [-0.2, -0.15) is 0 Å². The van der Waals surface area contributed by atoms with Crippen LogP contribution in [0.25, 0.3) is 0 Å². The zero-order chi connectivity index (χ0) is 10.7. The van der Waals surface area contributed by atoms with Crippen LogP contribution in [0.2, 0.25) is 0 Å². The summed E-state index contributed by atoms with van der Waals surface area (Å²) in [6.45, 7) is 2.05. The quantitative estimate of drug-likeness (QED) is 0.518. The van der Waals surface area contributed by atoms with Crippen molar-refractivity contribution in [3.63, 3.8) is 0 Å². The minimum Gasteiger partial charge on any atom is -0.465 e. The number of ether oxygens (including phenoxy) is 1. The van der Waals surface area contributed by atoms with Crippen molar-refractivity contribution in [3.05, 3.63) is 26.8 Å². The zero-order valence-electron chi connectivity index (χ0n) is 8.13. The van der Waals surface area contributed by atoms with Crippen LogP contribution in [0.15, 0.2) is 12.1 Å². The maximum absolute atomic E-state index is 11.3. The van der Waals surface area contributed by atoms with Gasteiger partial charge in [-0.05, 0) is 46.7 Å². The van der Waals surface area contributed by atoms with Crippen molar-refractivity contribution in [1.82, 2.24) is 0 Å². The first-order chi connectivity index (χ1) is 6.60. The number of aryl methyl sites for hydroxylation is 1. The number of benzene rings is 1. The highest BCUT2D eigenvalue weighted by Crippen LogP contribution is 2.21. The second-order valence-corrected chi connectivity index (χ2v) is 4.04. The standard InChI is InChI=1S/C10H12INO2/c1-3-6-4-9(12)7(5-8(6)11)10(13)14-2/h4-5H,3,12H2,1-2H3. The molecule has 0 aromatic heterocycles. The molecule has 76 valence electrons. The van der Waals surface area contributed by atoms with Crippen LogP contribution in [0.5, 0.6) is 0 Å². The van der Waals surface area contributed by atoms with E-state index in [0.717, 1.165) is 15.6 Å². The van der Waals surface area contributed by atoms with Crippen LogP contribution in [-0.4, -0.2) is 13.1 Å². The molecule has 0 bridgehead atoms. The highest BCUT2D eigenvalue weighted by atomic mass is 127. The summed E-state index contributed by atoms with van der Waals surface area (Å²) in [6.07, 6.45) is 0.907. The molecule has 1 aromatic rings. The summed E-state index contributed by atoms with van der Waals surface area (Å²) in [5.74, 6) is -0.386. The van der Waals surface area contributed by atoms with Crippen LogP contribution in [0, 0.1) is 3.57 Å². The van der Waals surface area contributed by atoms with Crippen molar-refractivity contribution in [1.29, 1.82) is 0 Å². The smallest absolute Gasteiger partial charge is 0.339 e. The number of anilines is 1. The number of methoxy groups -OCH3 is 1. The van der Waals surface area contributed by atoms with E-state index in [0.29, 0.717) is 11.3 Å². The Morgan fingerprint density at radius 3 is 2.71 bits per heavy atom. The van der Waals surface area contributed by atoms with Crippen LogP contribution in [-0.2, 0) is 11.2 Å². The molecule has 0 aliphatic carbocycles. The molecule has 0 aliphatic heterocycles. The molecule has 0 atom stereocenters. The van der Waals surface area contributed by atoms with Crippen molar-refractivity contribution >= 4 is 34.2 Å². The minimum atomic E-state index is -0.386. The van der Waals surface area contributed by atoms with Gasteiger partial charge in [0, 0.05) is 9.26 Å². The third-order valence-electron chi connectivity index (χ3n) is 2.00. The molecule has 0 saturated heterocycles. The van der Waals surface area contributed by atoms with Crippen LogP contribution in [0.3, 0.4) is 0 Å². The third kappa shape index (κ3) is 2.17. The predicted molar refractivity (Wildman–Crippen MR) is 64.3 cm³/mol. The highest BCUT2D eigenvalue weighted by molar-refractivity contribution is 14.1. The van der Waals surface area contributed by atoms with Gasteiger partial charge in [0.1, 0.15) is 0 Å². The summed E-state index contributed by atoms with van der Waals surface area (Å²) in [4.78, 5) is 11.3. The lowest BCUT2D eigenvalue weighted by atomic mass is 10.1. The first-order valence-electron chi connectivity index (χ1n) is 4.26. The van der Waals surface area contributed by atoms with Crippen LogP contribution in [0.1, 0.15) is 22.8 Å². The fraction of sp³-hybridized carbons (Fsp3) is 0.300. The van der Waals surface area contributed by atoms with Gasteiger partial charge in [-0.1, -0.05) is 6.92 Å². The molecule has 0 fully saturated rings. The summed E-state index contributed by atoms with van der Waals surface area (Å²) < 4.78 is 5.66. The molecule has 0 spiro atoms. The summed E-state index contributed by atoms with van der Waals surface area (Å²) >= 11 is 2.19. The van der Waals surface area contributed by atoms with Gasteiger partial charge in [-0.3, -0.25) is 0 Å². The monoisotopic (exact) mass is 305 g/mol. The fourth-order valence-electron chi connectivity index (χ4n) is 1.19. The number of halogens is 1. The topological polar surface area (TPSA) is 52.3 Å². The minimum absolute atomic E-state index is 0.386. The summed E-state index contributed by atoms with van der Waals surface area (Å²) in [7, 11) is 1.35. The Hall–Kier alpha value is -0.780. The van der Waals surface area contributed by atoms with Gasteiger partial charge in [0.2, 0.25) is 0 Å². The molecule has 2 N–H and O–H groups in total. The molecule has 0 amide bonds. The van der Waals surface area contributed by atoms with E-state index in [4.69, 9.17) is 5.73 Å². The van der Waals surface area contributed by atoms with Crippen molar-refractivity contribution in [2.45, 2.75) is 13.3 Å². The molecule has 4 heteroatoms. The van der Waals surface area contributed by atoms with E-state index >= 15 is 0 Å². The Balaban J connectivity index is 3.21. The maximum Gasteiger partial charge on any atom is 0.339 e. The van der Waals surface area contributed by atoms with E-state index in [1.807, 2.05) is 6.07 Å². The number of nitrogen functional groups attached to an aromatic ring is 1. The van der Waals surface area contributed by atoms with Gasteiger partial charge in [0.15, 0.2) is 0 Å². The number of nitrogens with two attached hydrogens (primary N) is 1. The number of esters is 1. The van der Waals surface area contributed by atoms with E-state index < -0.39 is 0 Å². The second-order valence-electron chi connectivity index (χ2n) is 2.88. The van der Waals surface area contributed by atoms with Gasteiger partial charge in [-0.15, -0.1) is 0 Å². The molecule has 14 heavy (non-hydrogen) atoms. The molecule has 0 heterocycles. The lowest BCUT2D eigenvalue weighted by Crippen LogP contribution is -2.07. The predicted octanol–water partition coefficient (Wildman–Crippen LogP) is 2.22. The normalized spacial score (nSPS) is 9.93. The molecule has 0 unspecified atom stereocenters. The first-order valence-corrected chi connectivity index (χ1v) is 5.34. The zero-order valence-corrected chi connectivity index (χ0v) is 10.3. The van der Waals surface area contributed by atoms with Crippen LogP contribution in [0.4, 0.5) is 5.69 Å². The Morgan fingerprint density at radius 1 is 1.57 bits per heavy atom. The van der Waals surface area contributed by atoms with Gasteiger partial charge in [-0.25, -0.2) is 4.79 Å². The second kappa shape index (κ2) is 4.63. The Labute approximate surface area is 96.8 Å². The van der Waals surface area contributed by atoms with E-state index in [1.54, 1.807) is 6.07 Å². The Morgan fingerprint density at radius 2 is 2.21 bits per heavy atom. The third-order valence-corrected chi connectivity index (χ3v) is 3.01. The van der Waals surface area contributed by atoms with Crippen molar-refractivity contribution in [2.24, 2.45) is 0 Å². The lowest BCUT2D eigenvalue weighted by Gasteiger charge is -2.07. The van der Waals surface area contributed by atoms with Crippen molar-refractivity contribution in [2.75, 3.05) is 12.8 Å². The van der Waals surface area contributed by atoms with Gasteiger partial charge >= 0.3 is 5.97 Å². The number of hydrogen-bond donors (Lipinski definition) is 1. The number of carbonyl (C=O) groups is 1. The molecule has 0 aliphatic rings. The Bertz CT molecular complexity index is 363. The summed E-state index contributed by atoms with van der Waals surface area (Å²) in [6, 6.07) is 3.59. The van der Waals surface area contributed by atoms with Gasteiger partial charge in [0.25, 0.3) is 0 Å². The molecule has 1 rings (SSSR count). The number of hydrogen-bond acceptors (Lipinski definition) is 3. The van der Waals surface area contributed by atoms with Gasteiger partial charge < -0.3 is 10.5 Å². The van der Waals surface area contributed by atoms with E-state index in [-0.39, 0.29) is 5.97 Å². The largest absolute Gasteiger partial charge is 0.465 e. The van der Waals surface area contributed by atoms with Crippen molar-refractivity contribution in [3.8, 4) is 0 Å². The summed E-state index contributed by atoms with van der Waals surface area (Å²) in [5.41, 5.74) is 7.81. The molecule has 3 nitrogen and oxygen atoms in total. The lowest BCUT2D eigenvalue weighted by molar-refractivity contribution is 0.0602. The molecule has 0 radical (unpaired) electrons. The molecule has 0 saturated carbocycles. The van der Waals surface area contributed by atoms with Crippen LogP contribution >= 0.6 is 22.6 Å². The molecular weight excluding hydrogens is 293 g/mol. The highest BCUT2D eigenvalue weighted by Gasteiger charge is 2.12. The number of carbonyl (C=O) groups excluding carboxylic acids is 1. The molecule has 1 aromatic carbocycles. The Kier molecular flexibility index (Phi) is 3.74.